The van der Waals surface area contributed by atoms with Crippen LogP contribution in [0.2, 0.25) is 0 Å². The van der Waals surface area contributed by atoms with Crippen molar-refractivity contribution in [2.45, 2.75) is 6.04 Å². The van der Waals surface area contributed by atoms with Gasteiger partial charge in [0.1, 0.15) is 5.82 Å². The molecular formula is C20H24FN3O. The number of halogens is 1. The summed E-state index contributed by atoms with van der Waals surface area (Å²) in [5, 5.41) is 3.03. The van der Waals surface area contributed by atoms with Gasteiger partial charge in [0.15, 0.2) is 0 Å². The van der Waals surface area contributed by atoms with E-state index in [0.717, 1.165) is 31.7 Å². The summed E-state index contributed by atoms with van der Waals surface area (Å²) >= 11 is 0. The maximum atomic E-state index is 13.3. The fourth-order valence-electron chi connectivity index (χ4n) is 3.16. The number of carbonyl (C=O) groups is 1. The lowest BCUT2D eigenvalue weighted by Gasteiger charge is -2.38. The van der Waals surface area contributed by atoms with Crippen LogP contribution in [0.5, 0.6) is 0 Å². The summed E-state index contributed by atoms with van der Waals surface area (Å²) in [6, 6.07) is 15.8. The maximum Gasteiger partial charge on any atom is 0.251 e. The molecule has 0 spiro atoms. The number of benzene rings is 2. The Hall–Kier alpha value is -2.24. The Morgan fingerprint density at radius 2 is 1.68 bits per heavy atom. The topological polar surface area (TPSA) is 35.6 Å². The number of piperazine rings is 1. The second kappa shape index (κ2) is 8.23. The molecular weight excluding hydrogens is 317 g/mol. The maximum absolute atomic E-state index is 13.3. The Morgan fingerprint density at radius 1 is 1.04 bits per heavy atom. The van der Waals surface area contributed by atoms with E-state index in [1.54, 1.807) is 12.1 Å². The summed E-state index contributed by atoms with van der Waals surface area (Å²) in [6.45, 7) is 4.34. The fourth-order valence-corrected chi connectivity index (χ4v) is 3.16. The van der Waals surface area contributed by atoms with Crippen LogP contribution in [-0.2, 0) is 0 Å². The van der Waals surface area contributed by atoms with Crippen LogP contribution in [0, 0.1) is 5.82 Å². The number of hydrogen-bond acceptors (Lipinski definition) is 3. The van der Waals surface area contributed by atoms with E-state index in [1.807, 2.05) is 30.3 Å². The van der Waals surface area contributed by atoms with E-state index in [4.69, 9.17) is 0 Å². The molecule has 1 N–H and O–H groups in total. The quantitative estimate of drug-likeness (QED) is 0.908. The van der Waals surface area contributed by atoms with Gasteiger partial charge in [0.2, 0.25) is 0 Å². The third-order valence-electron chi connectivity index (χ3n) is 4.73. The molecule has 1 aliphatic heterocycles. The second-order valence-corrected chi connectivity index (χ2v) is 6.48. The molecule has 3 rings (SSSR count). The third-order valence-corrected chi connectivity index (χ3v) is 4.73. The summed E-state index contributed by atoms with van der Waals surface area (Å²) in [5.74, 6) is -0.323. The molecule has 25 heavy (non-hydrogen) atoms. The number of likely N-dealkylation sites (N-methyl/N-ethyl adjacent to an activating group) is 1. The largest absolute Gasteiger partial charge is 0.350 e. The molecule has 1 atom stereocenters. The molecule has 0 bridgehead atoms. The van der Waals surface area contributed by atoms with Crippen LogP contribution in [-0.4, -0.2) is 55.5 Å². The van der Waals surface area contributed by atoms with Gasteiger partial charge in [-0.3, -0.25) is 9.69 Å². The van der Waals surface area contributed by atoms with Gasteiger partial charge in [0, 0.05) is 38.3 Å². The number of nitrogens with zero attached hydrogens (tertiary/aromatic N) is 2. The summed E-state index contributed by atoms with van der Waals surface area (Å²) in [5.41, 5.74) is 1.68. The minimum atomic E-state index is -0.241. The molecule has 1 saturated heterocycles. The van der Waals surface area contributed by atoms with Gasteiger partial charge in [-0.1, -0.05) is 30.3 Å². The summed E-state index contributed by atoms with van der Waals surface area (Å²) in [4.78, 5) is 17.0. The number of rotatable bonds is 5. The molecule has 0 radical (unpaired) electrons. The molecule has 1 unspecified atom stereocenters. The predicted molar refractivity (Wildman–Crippen MR) is 97.0 cm³/mol. The molecule has 132 valence electrons. The van der Waals surface area contributed by atoms with Crippen molar-refractivity contribution in [3.63, 3.8) is 0 Å². The lowest BCUT2D eigenvalue weighted by molar-refractivity contribution is 0.0886. The first-order valence-electron chi connectivity index (χ1n) is 8.65. The molecule has 1 fully saturated rings. The van der Waals surface area contributed by atoms with Crippen LogP contribution in [0.25, 0.3) is 0 Å². The Morgan fingerprint density at radius 3 is 2.32 bits per heavy atom. The molecule has 2 aromatic rings. The highest BCUT2D eigenvalue weighted by atomic mass is 19.1. The lowest BCUT2D eigenvalue weighted by Crippen LogP contribution is -2.48. The number of nitrogens with one attached hydrogen (secondary N) is 1. The Bertz CT molecular complexity index is 682. The predicted octanol–water partition coefficient (Wildman–Crippen LogP) is 2.54. The van der Waals surface area contributed by atoms with E-state index in [-0.39, 0.29) is 17.8 Å². The highest BCUT2D eigenvalue weighted by Gasteiger charge is 2.24. The zero-order chi connectivity index (χ0) is 17.6. The summed E-state index contributed by atoms with van der Waals surface area (Å²) in [6.07, 6.45) is 0. The van der Waals surface area contributed by atoms with Gasteiger partial charge >= 0.3 is 0 Å². The first-order chi connectivity index (χ1) is 12.1. The molecule has 5 heteroatoms. The molecule has 1 aliphatic rings. The van der Waals surface area contributed by atoms with Gasteiger partial charge in [0.05, 0.1) is 6.04 Å². The van der Waals surface area contributed by atoms with E-state index in [1.165, 1.54) is 12.1 Å². The van der Waals surface area contributed by atoms with Gasteiger partial charge < -0.3 is 10.2 Å². The Balaban J connectivity index is 1.72. The molecule has 1 amide bonds. The standard InChI is InChI=1S/C20H24FN3O/c1-23-11-13-24(14-12-23)19(16-7-9-18(21)10-8-16)15-22-20(25)17-5-3-2-4-6-17/h2-10,19H,11-15H2,1H3,(H,22,25). The number of hydrogen-bond donors (Lipinski definition) is 1. The first-order valence-corrected chi connectivity index (χ1v) is 8.65. The Kier molecular flexibility index (Phi) is 5.79. The van der Waals surface area contributed by atoms with Gasteiger partial charge in [0.25, 0.3) is 5.91 Å². The molecule has 4 nitrogen and oxygen atoms in total. The minimum absolute atomic E-state index is 0.0435. The van der Waals surface area contributed by atoms with Gasteiger partial charge in [-0.2, -0.15) is 0 Å². The van der Waals surface area contributed by atoms with Gasteiger partial charge in [-0.25, -0.2) is 4.39 Å². The summed E-state index contributed by atoms with van der Waals surface area (Å²) in [7, 11) is 2.11. The van der Waals surface area contributed by atoms with Crippen molar-refractivity contribution in [2.75, 3.05) is 39.8 Å². The molecule has 1 heterocycles. The third kappa shape index (κ3) is 4.65. The number of amides is 1. The van der Waals surface area contributed by atoms with Crippen LogP contribution in [0.15, 0.2) is 54.6 Å². The van der Waals surface area contributed by atoms with Crippen LogP contribution in [0.1, 0.15) is 22.0 Å². The van der Waals surface area contributed by atoms with Crippen LogP contribution in [0.4, 0.5) is 4.39 Å². The summed E-state index contributed by atoms with van der Waals surface area (Å²) < 4.78 is 13.3. The highest BCUT2D eigenvalue weighted by molar-refractivity contribution is 5.94. The van der Waals surface area contributed by atoms with E-state index < -0.39 is 0 Å². The molecule has 2 aromatic carbocycles. The van der Waals surface area contributed by atoms with Crippen LogP contribution >= 0.6 is 0 Å². The van der Waals surface area contributed by atoms with Crippen LogP contribution in [0.3, 0.4) is 0 Å². The van der Waals surface area contributed by atoms with Crippen molar-refractivity contribution in [3.05, 3.63) is 71.5 Å². The fraction of sp³-hybridized carbons (Fsp3) is 0.350. The van der Waals surface area contributed by atoms with E-state index in [9.17, 15) is 9.18 Å². The van der Waals surface area contributed by atoms with Crippen molar-refractivity contribution >= 4 is 5.91 Å². The first kappa shape index (κ1) is 17.6. The number of carbonyl (C=O) groups excluding carboxylic acids is 1. The Labute approximate surface area is 148 Å². The van der Waals surface area contributed by atoms with E-state index in [2.05, 4.69) is 22.2 Å². The smallest absolute Gasteiger partial charge is 0.251 e. The van der Waals surface area contributed by atoms with Crippen molar-refractivity contribution in [1.29, 1.82) is 0 Å². The second-order valence-electron chi connectivity index (χ2n) is 6.48. The van der Waals surface area contributed by atoms with Crippen molar-refractivity contribution in [1.82, 2.24) is 15.1 Å². The molecule has 0 aromatic heterocycles. The average Bonchev–Trinajstić information content (AvgIpc) is 2.65. The minimum Gasteiger partial charge on any atom is -0.350 e. The highest BCUT2D eigenvalue weighted by Crippen LogP contribution is 2.22. The van der Waals surface area contributed by atoms with Crippen molar-refractivity contribution in [2.24, 2.45) is 0 Å². The van der Waals surface area contributed by atoms with E-state index in [0.29, 0.717) is 12.1 Å². The van der Waals surface area contributed by atoms with Crippen molar-refractivity contribution < 1.29 is 9.18 Å². The zero-order valence-electron chi connectivity index (χ0n) is 14.5. The zero-order valence-corrected chi connectivity index (χ0v) is 14.5. The van der Waals surface area contributed by atoms with Crippen molar-refractivity contribution in [3.8, 4) is 0 Å². The van der Waals surface area contributed by atoms with Gasteiger partial charge in [-0.05, 0) is 36.9 Å². The molecule has 0 saturated carbocycles. The average molecular weight is 341 g/mol. The van der Waals surface area contributed by atoms with E-state index >= 15 is 0 Å². The normalized spacial score (nSPS) is 17.2. The SMILES string of the molecule is CN1CCN(C(CNC(=O)c2ccccc2)c2ccc(F)cc2)CC1. The lowest BCUT2D eigenvalue weighted by atomic mass is 10.0. The van der Waals surface area contributed by atoms with Crippen LogP contribution < -0.4 is 5.32 Å². The van der Waals surface area contributed by atoms with Gasteiger partial charge in [-0.15, -0.1) is 0 Å². The monoisotopic (exact) mass is 341 g/mol. The molecule has 0 aliphatic carbocycles.